The van der Waals surface area contributed by atoms with E-state index in [9.17, 15) is 0 Å². The van der Waals surface area contributed by atoms with Crippen LogP contribution in [0, 0.1) is 13.8 Å². The molecule has 182 valence electrons. The fraction of sp³-hybridized carbons (Fsp3) is 0.207. The standard InChI is InChI=1S/C29H28N4O2S/c1-18-14-15-22(16-19(18)2)26-25(28-31-27(32-35-28)21-10-6-5-7-11-21)20(3)33(29(36)30-26)17-23-12-8-9-13-24(23)34-4/h5-16,26H,17H2,1-4H3,(H,30,36). The molecule has 36 heavy (non-hydrogen) atoms. The molecule has 1 aliphatic rings. The maximum Gasteiger partial charge on any atom is 0.258 e. The van der Waals surface area contributed by atoms with Gasteiger partial charge < -0.3 is 19.5 Å². The maximum absolute atomic E-state index is 5.88. The number of nitrogens with one attached hydrogen (secondary N) is 1. The van der Waals surface area contributed by atoms with Gasteiger partial charge >= 0.3 is 0 Å². The summed E-state index contributed by atoms with van der Waals surface area (Å²) in [6.45, 7) is 6.83. The van der Waals surface area contributed by atoms with E-state index in [0.717, 1.165) is 33.7 Å². The van der Waals surface area contributed by atoms with Gasteiger partial charge in [0.1, 0.15) is 5.75 Å². The van der Waals surface area contributed by atoms with Gasteiger partial charge in [0.2, 0.25) is 5.82 Å². The number of methoxy groups -OCH3 is 1. The molecule has 2 heterocycles. The molecule has 0 amide bonds. The second-order valence-electron chi connectivity index (χ2n) is 8.91. The van der Waals surface area contributed by atoms with Crippen molar-refractivity contribution in [2.75, 3.05) is 7.11 Å². The van der Waals surface area contributed by atoms with E-state index in [-0.39, 0.29) is 6.04 Å². The zero-order valence-electron chi connectivity index (χ0n) is 20.8. The molecule has 1 N–H and O–H groups in total. The van der Waals surface area contributed by atoms with Crippen LogP contribution in [0.1, 0.15) is 41.1 Å². The van der Waals surface area contributed by atoms with Gasteiger partial charge in [-0.3, -0.25) is 0 Å². The molecule has 1 unspecified atom stereocenters. The first-order chi connectivity index (χ1) is 17.5. The van der Waals surface area contributed by atoms with Crippen molar-refractivity contribution in [2.24, 2.45) is 0 Å². The minimum absolute atomic E-state index is 0.227. The third-order valence-electron chi connectivity index (χ3n) is 6.67. The summed E-state index contributed by atoms with van der Waals surface area (Å²) in [4.78, 5) is 6.86. The summed E-state index contributed by atoms with van der Waals surface area (Å²) in [7, 11) is 1.68. The highest BCUT2D eigenvalue weighted by Gasteiger charge is 2.34. The summed E-state index contributed by atoms with van der Waals surface area (Å²) >= 11 is 5.88. The first-order valence-electron chi connectivity index (χ1n) is 11.8. The van der Waals surface area contributed by atoms with Gasteiger partial charge in [-0.2, -0.15) is 4.98 Å². The number of rotatable bonds is 6. The van der Waals surface area contributed by atoms with Gasteiger partial charge in [0, 0.05) is 16.8 Å². The van der Waals surface area contributed by atoms with Crippen LogP contribution in [0.15, 0.2) is 83.0 Å². The molecule has 6 nitrogen and oxygen atoms in total. The van der Waals surface area contributed by atoms with Gasteiger partial charge in [-0.1, -0.05) is 71.9 Å². The van der Waals surface area contributed by atoms with E-state index in [4.69, 9.17) is 26.5 Å². The van der Waals surface area contributed by atoms with Crippen LogP contribution in [-0.4, -0.2) is 27.3 Å². The first-order valence-corrected chi connectivity index (χ1v) is 12.2. The molecular weight excluding hydrogens is 468 g/mol. The second-order valence-corrected chi connectivity index (χ2v) is 9.30. The van der Waals surface area contributed by atoms with Gasteiger partial charge in [0.05, 0.1) is 25.3 Å². The third-order valence-corrected chi connectivity index (χ3v) is 7.01. The Hall–Kier alpha value is -3.97. The van der Waals surface area contributed by atoms with E-state index in [1.165, 1.54) is 11.1 Å². The summed E-state index contributed by atoms with van der Waals surface area (Å²) in [5, 5.41) is 8.47. The Balaban J connectivity index is 1.62. The smallest absolute Gasteiger partial charge is 0.258 e. The van der Waals surface area contributed by atoms with Crippen LogP contribution in [0.25, 0.3) is 17.0 Å². The molecule has 0 saturated heterocycles. The molecular formula is C29H28N4O2S. The van der Waals surface area contributed by atoms with Crippen LogP contribution < -0.4 is 10.1 Å². The highest BCUT2D eigenvalue weighted by molar-refractivity contribution is 7.80. The lowest BCUT2D eigenvalue weighted by atomic mass is 9.92. The highest BCUT2D eigenvalue weighted by atomic mass is 32.1. The predicted octanol–water partition coefficient (Wildman–Crippen LogP) is 6.22. The number of hydrogen-bond acceptors (Lipinski definition) is 5. The zero-order chi connectivity index (χ0) is 25.2. The Morgan fingerprint density at radius 1 is 0.972 bits per heavy atom. The van der Waals surface area contributed by atoms with Crippen molar-refractivity contribution in [3.05, 3.63) is 107 Å². The molecule has 5 rings (SSSR count). The largest absolute Gasteiger partial charge is 0.496 e. The fourth-order valence-electron chi connectivity index (χ4n) is 4.48. The monoisotopic (exact) mass is 496 g/mol. The Morgan fingerprint density at radius 3 is 2.47 bits per heavy atom. The zero-order valence-corrected chi connectivity index (χ0v) is 21.6. The van der Waals surface area contributed by atoms with E-state index in [2.05, 4.69) is 54.3 Å². The molecule has 0 spiro atoms. The average molecular weight is 497 g/mol. The lowest BCUT2D eigenvalue weighted by Gasteiger charge is -2.37. The molecule has 0 bridgehead atoms. The summed E-state index contributed by atoms with van der Waals surface area (Å²) in [5.74, 6) is 1.83. The second kappa shape index (κ2) is 9.95. The van der Waals surface area contributed by atoms with E-state index < -0.39 is 0 Å². The highest BCUT2D eigenvalue weighted by Crippen LogP contribution is 2.39. The lowest BCUT2D eigenvalue weighted by Crippen LogP contribution is -2.45. The van der Waals surface area contributed by atoms with Crippen molar-refractivity contribution in [1.82, 2.24) is 20.4 Å². The van der Waals surface area contributed by atoms with Crippen LogP contribution in [0.3, 0.4) is 0 Å². The molecule has 7 heteroatoms. The summed E-state index contributed by atoms with van der Waals surface area (Å²) in [6, 6.07) is 24.0. The number of allylic oxidation sites excluding steroid dienone is 1. The van der Waals surface area contributed by atoms with Gasteiger partial charge in [-0.05, 0) is 55.7 Å². The number of benzene rings is 3. The Kier molecular flexibility index (Phi) is 6.57. The Labute approximate surface area is 216 Å². The van der Waals surface area contributed by atoms with Crippen LogP contribution >= 0.6 is 12.2 Å². The molecule has 1 atom stereocenters. The van der Waals surface area contributed by atoms with E-state index in [1.54, 1.807) is 7.11 Å². The molecule has 1 aromatic heterocycles. The van der Waals surface area contributed by atoms with Gasteiger partial charge in [0.15, 0.2) is 5.11 Å². The van der Waals surface area contributed by atoms with Crippen molar-refractivity contribution in [2.45, 2.75) is 33.4 Å². The molecule has 0 aliphatic carbocycles. The predicted molar refractivity (Wildman–Crippen MR) is 145 cm³/mol. The first kappa shape index (κ1) is 23.8. The van der Waals surface area contributed by atoms with Crippen LogP contribution in [-0.2, 0) is 6.54 Å². The fourth-order valence-corrected chi connectivity index (χ4v) is 4.80. The van der Waals surface area contributed by atoms with E-state index >= 15 is 0 Å². The SMILES string of the molecule is COc1ccccc1CN1C(=S)NC(c2ccc(C)c(C)c2)C(c2nc(-c3ccccc3)no2)=C1C. The molecule has 0 fully saturated rings. The Morgan fingerprint density at radius 2 is 1.72 bits per heavy atom. The van der Waals surface area contributed by atoms with Crippen molar-refractivity contribution in [1.29, 1.82) is 0 Å². The number of aryl methyl sites for hydroxylation is 2. The van der Waals surface area contributed by atoms with Gasteiger partial charge in [-0.15, -0.1) is 0 Å². The number of hydrogen-bond donors (Lipinski definition) is 1. The number of nitrogens with zero attached hydrogens (tertiary/aromatic N) is 3. The molecule has 1 aliphatic heterocycles. The van der Waals surface area contributed by atoms with Crippen LogP contribution in [0.2, 0.25) is 0 Å². The number of para-hydroxylation sites is 1. The number of ether oxygens (including phenoxy) is 1. The summed E-state index contributed by atoms with van der Waals surface area (Å²) in [6.07, 6.45) is 0. The third kappa shape index (κ3) is 4.50. The quantitative estimate of drug-likeness (QED) is 0.318. The molecule has 0 saturated carbocycles. The normalized spacial score (nSPS) is 15.7. The van der Waals surface area contributed by atoms with Gasteiger partial charge in [0.25, 0.3) is 5.89 Å². The molecule has 4 aromatic rings. The van der Waals surface area contributed by atoms with Crippen molar-refractivity contribution in [3.8, 4) is 17.1 Å². The van der Waals surface area contributed by atoms with Crippen LogP contribution in [0.5, 0.6) is 5.75 Å². The average Bonchev–Trinajstić information content (AvgIpc) is 3.38. The van der Waals surface area contributed by atoms with Crippen molar-refractivity contribution < 1.29 is 9.26 Å². The van der Waals surface area contributed by atoms with Crippen molar-refractivity contribution in [3.63, 3.8) is 0 Å². The summed E-state index contributed by atoms with van der Waals surface area (Å²) in [5.41, 5.74) is 7.32. The minimum atomic E-state index is -0.227. The lowest BCUT2D eigenvalue weighted by molar-refractivity contribution is 0.387. The molecule has 3 aromatic carbocycles. The van der Waals surface area contributed by atoms with E-state index in [1.807, 2.05) is 54.6 Å². The van der Waals surface area contributed by atoms with Crippen molar-refractivity contribution >= 4 is 22.9 Å². The topological polar surface area (TPSA) is 63.4 Å². The Bertz CT molecular complexity index is 1440. The van der Waals surface area contributed by atoms with Crippen LogP contribution in [0.4, 0.5) is 0 Å². The van der Waals surface area contributed by atoms with E-state index in [0.29, 0.717) is 23.4 Å². The molecule has 0 radical (unpaired) electrons. The minimum Gasteiger partial charge on any atom is -0.496 e. The summed E-state index contributed by atoms with van der Waals surface area (Å²) < 4.78 is 11.4. The van der Waals surface area contributed by atoms with Gasteiger partial charge in [-0.25, -0.2) is 0 Å². The maximum atomic E-state index is 5.88. The number of aromatic nitrogens is 2. The number of thiocarbonyl (C=S) groups is 1.